The molecule has 2 heterocycles. The molecule has 1 aliphatic heterocycles. The Kier molecular flexibility index (Phi) is 7.19. The molecule has 6 nitrogen and oxygen atoms in total. The van der Waals surface area contributed by atoms with E-state index in [1.165, 1.54) is 0 Å². The third-order valence-electron chi connectivity index (χ3n) is 4.73. The molecule has 0 aliphatic carbocycles. The number of ether oxygens (including phenoxy) is 1. The van der Waals surface area contributed by atoms with Gasteiger partial charge >= 0.3 is 6.03 Å². The molecule has 3 rings (SSSR count). The van der Waals surface area contributed by atoms with Crippen LogP contribution in [0.5, 0.6) is 0 Å². The van der Waals surface area contributed by atoms with Crippen LogP contribution in [0, 0.1) is 5.92 Å². The smallest absolute Gasteiger partial charge is 0.319 e. The summed E-state index contributed by atoms with van der Waals surface area (Å²) in [6.07, 6.45) is 3.48. The second kappa shape index (κ2) is 10.0. The zero-order chi connectivity index (χ0) is 18.9. The Bertz CT molecular complexity index is 723. The van der Waals surface area contributed by atoms with Crippen molar-refractivity contribution in [3.8, 4) is 0 Å². The minimum atomic E-state index is -0.174. The van der Waals surface area contributed by atoms with Crippen molar-refractivity contribution in [3.05, 3.63) is 59.9 Å². The van der Waals surface area contributed by atoms with E-state index in [1.54, 1.807) is 0 Å². The van der Waals surface area contributed by atoms with Gasteiger partial charge < -0.3 is 20.3 Å². The third-order valence-corrected chi connectivity index (χ3v) is 4.73. The van der Waals surface area contributed by atoms with Crippen LogP contribution in [-0.2, 0) is 17.6 Å². The molecule has 1 aromatic heterocycles. The van der Waals surface area contributed by atoms with Crippen LogP contribution in [0.1, 0.15) is 11.3 Å². The molecule has 2 aromatic rings. The predicted octanol–water partition coefficient (Wildman–Crippen LogP) is 2.57. The standard InChI is InChI=1S/C21H28N4O2/c1-25-12-13-27-16-17(15-25)14-23-21(26)24-20-8-3-2-6-18(20)9-10-19-7-4-5-11-22-19/h2-8,11,17H,9-10,12-16H2,1H3,(H2,23,24,26)/t17-/m1/s1. The van der Waals surface area contributed by atoms with Crippen molar-refractivity contribution in [1.29, 1.82) is 0 Å². The molecule has 144 valence electrons. The zero-order valence-electron chi connectivity index (χ0n) is 15.9. The van der Waals surface area contributed by atoms with Crippen LogP contribution in [0.15, 0.2) is 48.7 Å². The number of anilines is 1. The molecule has 6 heteroatoms. The predicted molar refractivity (Wildman–Crippen MR) is 107 cm³/mol. The summed E-state index contributed by atoms with van der Waals surface area (Å²) in [5.41, 5.74) is 3.00. The number of aromatic nitrogens is 1. The van der Waals surface area contributed by atoms with Crippen molar-refractivity contribution >= 4 is 11.7 Å². The number of aryl methyl sites for hydroxylation is 2. The van der Waals surface area contributed by atoms with Gasteiger partial charge in [-0.1, -0.05) is 24.3 Å². The van der Waals surface area contributed by atoms with Crippen molar-refractivity contribution in [2.24, 2.45) is 5.92 Å². The van der Waals surface area contributed by atoms with Gasteiger partial charge in [0.2, 0.25) is 0 Å². The summed E-state index contributed by atoms with van der Waals surface area (Å²) < 4.78 is 5.60. The van der Waals surface area contributed by atoms with Crippen LogP contribution in [-0.4, -0.2) is 55.8 Å². The summed E-state index contributed by atoms with van der Waals surface area (Å²) >= 11 is 0. The van der Waals surface area contributed by atoms with E-state index >= 15 is 0 Å². The molecule has 0 radical (unpaired) electrons. The van der Waals surface area contributed by atoms with Crippen LogP contribution in [0.2, 0.25) is 0 Å². The van der Waals surface area contributed by atoms with Crippen molar-refractivity contribution in [1.82, 2.24) is 15.2 Å². The number of nitrogens with one attached hydrogen (secondary N) is 2. The number of hydrogen-bond donors (Lipinski definition) is 2. The molecule has 27 heavy (non-hydrogen) atoms. The van der Waals surface area contributed by atoms with Gasteiger partial charge in [-0.2, -0.15) is 0 Å². The lowest BCUT2D eigenvalue weighted by molar-refractivity contribution is 0.122. The van der Waals surface area contributed by atoms with Crippen molar-refractivity contribution in [3.63, 3.8) is 0 Å². The number of rotatable bonds is 6. The minimum Gasteiger partial charge on any atom is -0.380 e. The first-order valence-electron chi connectivity index (χ1n) is 9.49. The molecule has 0 bridgehead atoms. The summed E-state index contributed by atoms with van der Waals surface area (Å²) in [4.78, 5) is 19.0. The number of pyridine rings is 1. The van der Waals surface area contributed by atoms with Crippen molar-refractivity contribution in [2.45, 2.75) is 12.8 Å². The largest absolute Gasteiger partial charge is 0.380 e. The average molecular weight is 368 g/mol. The van der Waals surface area contributed by atoms with Crippen LogP contribution >= 0.6 is 0 Å². The van der Waals surface area contributed by atoms with E-state index in [0.717, 1.165) is 49.5 Å². The maximum atomic E-state index is 12.4. The highest BCUT2D eigenvalue weighted by Crippen LogP contribution is 2.17. The van der Waals surface area contributed by atoms with Gasteiger partial charge in [0.25, 0.3) is 0 Å². The number of urea groups is 1. The molecule has 1 aromatic carbocycles. The summed E-state index contributed by atoms with van der Waals surface area (Å²) in [6, 6.07) is 13.7. The zero-order valence-corrected chi connectivity index (χ0v) is 15.9. The number of para-hydroxylation sites is 1. The molecule has 2 amide bonds. The highest BCUT2D eigenvalue weighted by Gasteiger charge is 2.17. The van der Waals surface area contributed by atoms with Crippen LogP contribution < -0.4 is 10.6 Å². The Hall–Kier alpha value is -2.44. The second-order valence-electron chi connectivity index (χ2n) is 7.02. The molecule has 1 atom stereocenters. The molecule has 0 saturated carbocycles. The van der Waals surface area contributed by atoms with Crippen LogP contribution in [0.3, 0.4) is 0 Å². The number of likely N-dealkylation sites (N-methyl/N-ethyl adjacent to an activating group) is 1. The van der Waals surface area contributed by atoms with Gasteiger partial charge in [-0.15, -0.1) is 0 Å². The number of nitrogens with zero attached hydrogens (tertiary/aromatic N) is 2. The quantitative estimate of drug-likeness (QED) is 0.822. The molecule has 2 N–H and O–H groups in total. The van der Waals surface area contributed by atoms with Crippen molar-refractivity contribution < 1.29 is 9.53 Å². The lowest BCUT2D eigenvalue weighted by atomic mass is 10.1. The monoisotopic (exact) mass is 368 g/mol. The molecular formula is C21H28N4O2. The van der Waals surface area contributed by atoms with E-state index < -0.39 is 0 Å². The van der Waals surface area contributed by atoms with Gasteiger partial charge in [-0.05, 0) is 43.7 Å². The van der Waals surface area contributed by atoms with Gasteiger partial charge in [0.1, 0.15) is 0 Å². The Morgan fingerprint density at radius 1 is 1.22 bits per heavy atom. The molecular weight excluding hydrogens is 340 g/mol. The number of carbonyl (C=O) groups excluding carboxylic acids is 1. The maximum absolute atomic E-state index is 12.4. The van der Waals surface area contributed by atoms with E-state index in [2.05, 4.69) is 27.6 Å². The Labute approximate surface area is 160 Å². The lowest BCUT2D eigenvalue weighted by Gasteiger charge is -2.19. The lowest BCUT2D eigenvalue weighted by Crippen LogP contribution is -2.38. The van der Waals surface area contributed by atoms with Gasteiger partial charge in [0, 0.05) is 43.1 Å². The molecule has 0 spiro atoms. The van der Waals surface area contributed by atoms with E-state index in [0.29, 0.717) is 19.1 Å². The van der Waals surface area contributed by atoms with Gasteiger partial charge in [-0.3, -0.25) is 4.98 Å². The average Bonchev–Trinajstić information content (AvgIpc) is 2.90. The van der Waals surface area contributed by atoms with Gasteiger partial charge in [0.05, 0.1) is 13.2 Å². The van der Waals surface area contributed by atoms with E-state index in [4.69, 9.17) is 4.74 Å². The highest BCUT2D eigenvalue weighted by molar-refractivity contribution is 5.90. The molecule has 1 saturated heterocycles. The van der Waals surface area contributed by atoms with E-state index in [-0.39, 0.29) is 6.03 Å². The number of benzene rings is 1. The molecule has 1 aliphatic rings. The minimum absolute atomic E-state index is 0.174. The topological polar surface area (TPSA) is 66.5 Å². The Morgan fingerprint density at radius 3 is 2.93 bits per heavy atom. The van der Waals surface area contributed by atoms with Crippen molar-refractivity contribution in [2.75, 3.05) is 45.2 Å². The summed E-state index contributed by atoms with van der Waals surface area (Å²) in [5, 5.41) is 5.97. The molecule has 1 fully saturated rings. The second-order valence-corrected chi connectivity index (χ2v) is 7.02. The summed E-state index contributed by atoms with van der Waals surface area (Å²) in [5.74, 6) is 0.308. The molecule has 0 unspecified atom stereocenters. The van der Waals surface area contributed by atoms with E-state index in [9.17, 15) is 4.79 Å². The SMILES string of the molecule is CN1CCOC[C@H](CNC(=O)Nc2ccccc2CCc2ccccn2)C1. The Balaban J connectivity index is 1.51. The fraction of sp³-hybridized carbons (Fsp3) is 0.429. The van der Waals surface area contributed by atoms with Crippen LogP contribution in [0.4, 0.5) is 10.5 Å². The first-order chi connectivity index (χ1) is 13.2. The first kappa shape index (κ1) is 19.3. The summed E-state index contributed by atoms with van der Waals surface area (Å²) in [6.45, 7) is 3.91. The number of amides is 2. The summed E-state index contributed by atoms with van der Waals surface area (Å²) in [7, 11) is 2.08. The number of carbonyl (C=O) groups is 1. The van der Waals surface area contributed by atoms with Crippen LogP contribution in [0.25, 0.3) is 0 Å². The fourth-order valence-electron chi connectivity index (χ4n) is 3.25. The van der Waals surface area contributed by atoms with E-state index in [1.807, 2.05) is 48.7 Å². The first-order valence-corrected chi connectivity index (χ1v) is 9.49. The highest BCUT2D eigenvalue weighted by atomic mass is 16.5. The number of hydrogen-bond acceptors (Lipinski definition) is 4. The normalized spacial score (nSPS) is 17.9. The van der Waals surface area contributed by atoms with Gasteiger partial charge in [-0.25, -0.2) is 4.79 Å². The maximum Gasteiger partial charge on any atom is 0.319 e. The van der Waals surface area contributed by atoms with Gasteiger partial charge in [0.15, 0.2) is 0 Å². The Morgan fingerprint density at radius 2 is 2.07 bits per heavy atom. The fourth-order valence-corrected chi connectivity index (χ4v) is 3.25. The third kappa shape index (κ3) is 6.34.